The summed E-state index contributed by atoms with van der Waals surface area (Å²) in [6.07, 6.45) is 0. The molecule has 72 valence electrons. The maximum atomic E-state index is 9.86. The second-order valence-electron chi connectivity index (χ2n) is 4.01. The Bertz CT molecular complexity index is 298. The van der Waals surface area contributed by atoms with Gasteiger partial charge in [0.05, 0.1) is 5.60 Å². The van der Waals surface area contributed by atoms with Crippen molar-refractivity contribution in [1.29, 1.82) is 0 Å². The van der Waals surface area contributed by atoms with E-state index in [1.807, 2.05) is 13.8 Å². The van der Waals surface area contributed by atoms with Crippen molar-refractivity contribution in [2.45, 2.75) is 33.3 Å². The van der Waals surface area contributed by atoms with E-state index in [-0.39, 0.29) is 5.75 Å². The highest BCUT2D eigenvalue weighted by molar-refractivity contribution is 5.43. The molecule has 2 heteroatoms. The number of phenols is 1. The van der Waals surface area contributed by atoms with E-state index in [1.165, 1.54) is 0 Å². The predicted octanol–water partition coefficient (Wildman–Crippen LogP) is 2.24. The first-order valence-corrected chi connectivity index (χ1v) is 4.35. The van der Waals surface area contributed by atoms with Crippen LogP contribution in [0.3, 0.4) is 0 Å². The van der Waals surface area contributed by atoms with Crippen LogP contribution in [0.4, 0.5) is 0 Å². The number of aliphatic hydroxyl groups is 1. The lowest BCUT2D eigenvalue weighted by molar-refractivity contribution is 0.0772. The zero-order valence-corrected chi connectivity index (χ0v) is 8.55. The number of rotatable bonds is 1. The minimum Gasteiger partial charge on any atom is -0.508 e. The van der Waals surface area contributed by atoms with Gasteiger partial charge in [-0.3, -0.25) is 0 Å². The average Bonchev–Trinajstić information content (AvgIpc) is 1.78. The molecule has 0 fully saturated rings. The van der Waals surface area contributed by atoms with Gasteiger partial charge in [-0.25, -0.2) is 0 Å². The molecule has 0 saturated heterocycles. The monoisotopic (exact) mass is 180 g/mol. The van der Waals surface area contributed by atoms with E-state index in [9.17, 15) is 10.2 Å². The number of phenolic OH excluding ortho intramolecular Hbond substituents is 1. The Morgan fingerprint density at radius 3 is 1.77 bits per heavy atom. The topological polar surface area (TPSA) is 40.5 Å². The molecule has 0 unspecified atom stereocenters. The summed E-state index contributed by atoms with van der Waals surface area (Å²) in [6.45, 7) is 7.28. The first kappa shape index (κ1) is 10.1. The molecule has 0 radical (unpaired) electrons. The third kappa shape index (κ3) is 2.01. The van der Waals surface area contributed by atoms with Crippen LogP contribution in [0.5, 0.6) is 5.75 Å². The van der Waals surface area contributed by atoms with E-state index in [0.717, 1.165) is 16.7 Å². The quantitative estimate of drug-likeness (QED) is 0.695. The van der Waals surface area contributed by atoms with Crippen molar-refractivity contribution in [3.63, 3.8) is 0 Å². The van der Waals surface area contributed by atoms with Gasteiger partial charge in [0.15, 0.2) is 0 Å². The van der Waals surface area contributed by atoms with Crippen LogP contribution in [0.25, 0.3) is 0 Å². The summed E-state index contributed by atoms with van der Waals surface area (Å²) >= 11 is 0. The molecule has 0 aliphatic rings. The van der Waals surface area contributed by atoms with Crippen molar-refractivity contribution >= 4 is 0 Å². The molecule has 1 aromatic carbocycles. The molecule has 13 heavy (non-hydrogen) atoms. The van der Waals surface area contributed by atoms with E-state index < -0.39 is 5.60 Å². The summed E-state index contributed by atoms with van der Waals surface area (Å²) in [5.74, 6) is 0.253. The maximum absolute atomic E-state index is 9.86. The Hall–Kier alpha value is -1.02. The van der Waals surface area contributed by atoms with E-state index in [0.29, 0.717) is 0 Å². The lowest BCUT2D eigenvalue weighted by atomic mass is 9.89. The lowest BCUT2D eigenvalue weighted by Crippen LogP contribution is -2.18. The fourth-order valence-corrected chi connectivity index (χ4v) is 1.91. The van der Waals surface area contributed by atoms with Crippen LogP contribution in [0.15, 0.2) is 12.1 Å². The van der Waals surface area contributed by atoms with E-state index in [4.69, 9.17) is 0 Å². The minimum absolute atomic E-state index is 0.253. The molecule has 0 atom stereocenters. The molecule has 0 aliphatic carbocycles. The van der Waals surface area contributed by atoms with Crippen molar-refractivity contribution in [3.05, 3.63) is 28.8 Å². The minimum atomic E-state index is -0.845. The molecule has 1 aromatic rings. The number of benzene rings is 1. The summed E-state index contributed by atoms with van der Waals surface area (Å²) in [4.78, 5) is 0. The molecule has 0 spiro atoms. The summed E-state index contributed by atoms with van der Waals surface area (Å²) in [7, 11) is 0. The molecule has 0 aromatic heterocycles. The average molecular weight is 180 g/mol. The van der Waals surface area contributed by atoms with Gasteiger partial charge in [0.1, 0.15) is 5.75 Å². The van der Waals surface area contributed by atoms with Crippen molar-refractivity contribution in [1.82, 2.24) is 0 Å². The van der Waals surface area contributed by atoms with Crippen LogP contribution >= 0.6 is 0 Å². The van der Waals surface area contributed by atoms with E-state index >= 15 is 0 Å². The Kier molecular flexibility index (Phi) is 2.35. The molecule has 2 nitrogen and oxygen atoms in total. The fraction of sp³-hybridized carbons (Fsp3) is 0.455. The third-order valence-electron chi connectivity index (χ3n) is 2.13. The van der Waals surface area contributed by atoms with Gasteiger partial charge in [-0.05, 0) is 56.5 Å². The first-order valence-electron chi connectivity index (χ1n) is 4.35. The van der Waals surface area contributed by atoms with Crippen LogP contribution in [0, 0.1) is 13.8 Å². The van der Waals surface area contributed by atoms with Gasteiger partial charge in [-0.15, -0.1) is 0 Å². The van der Waals surface area contributed by atoms with Crippen molar-refractivity contribution < 1.29 is 10.2 Å². The van der Waals surface area contributed by atoms with Crippen molar-refractivity contribution in [2.75, 3.05) is 0 Å². The first-order chi connectivity index (χ1) is 5.82. The number of aryl methyl sites for hydroxylation is 2. The Morgan fingerprint density at radius 1 is 1.08 bits per heavy atom. The van der Waals surface area contributed by atoms with Crippen LogP contribution in [0.2, 0.25) is 0 Å². The number of hydrogen-bond donors (Lipinski definition) is 2. The zero-order valence-electron chi connectivity index (χ0n) is 8.55. The molecule has 0 aliphatic heterocycles. The number of aromatic hydroxyl groups is 1. The van der Waals surface area contributed by atoms with Gasteiger partial charge in [-0.2, -0.15) is 0 Å². The van der Waals surface area contributed by atoms with Gasteiger partial charge in [0, 0.05) is 0 Å². The van der Waals surface area contributed by atoms with Gasteiger partial charge < -0.3 is 10.2 Å². The largest absolute Gasteiger partial charge is 0.508 e. The molecule has 2 N–H and O–H groups in total. The lowest BCUT2D eigenvalue weighted by Gasteiger charge is -2.23. The van der Waals surface area contributed by atoms with Crippen molar-refractivity contribution in [2.24, 2.45) is 0 Å². The van der Waals surface area contributed by atoms with E-state index in [1.54, 1.807) is 26.0 Å². The molecular formula is C11H16O2. The molecule has 1 rings (SSSR count). The van der Waals surface area contributed by atoms with Gasteiger partial charge in [0.25, 0.3) is 0 Å². The highest BCUT2D eigenvalue weighted by Gasteiger charge is 2.20. The summed E-state index contributed by atoms with van der Waals surface area (Å²) in [5.41, 5.74) is 1.89. The van der Waals surface area contributed by atoms with Gasteiger partial charge in [-0.1, -0.05) is 0 Å². The molecule has 0 bridgehead atoms. The SMILES string of the molecule is Cc1cc(O)cc(C)c1C(C)(C)O. The Labute approximate surface area is 78.8 Å². The Balaban J connectivity index is 3.38. The fourth-order valence-electron chi connectivity index (χ4n) is 1.91. The molecular weight excluding hydrogens is 164 g/mol. The van der Waals surface area contributed by atoms with Crippen molar-refractivity contribution in [3.8, 4) is 5.75 Å². The molecule has 0 heterocycles. The third-order valence-corrected chi connectivity index (χ3v) is 2.13. The highest BCUT2D eigenvalue weighted by Crippen LogP contribution is 2.29. The smallest absolute Gasteiger partial charge is 0.116 e. The molecule has 0 saturated carbocycles. The second kappa shape index (κ2) is 3.04. The molecule has 0 amide bonds. The van der Waals surface area contributed by atoms with Gasteiger partial charge >= 0.3 is 0 Å². The van der Waals surface area contributed by atoms with E-state index in [2.05, 4.69) is 0 Å². The predicted molar refractivity (Wildman–Crippen MR) is 52.8 cm³/mol. The normalized spacial score (nSPS) is 11.8. The second-order valence-corrected chi connectivity index (χ2v) is 4.01. The summed E-state index contributed by atoms with van der Waals surface area (Å²) in [5, 5.41) is 19.2. The van der Waals surface area contributed by atoms with Crippen LogP contribution in [-0.4, -0.2) is 10.2 Å². The highest BCUT2D eigenvalue weighted by atomic mass is 16.3. The Morgan fingerprint density at radius 2 is 1.46 bits per heavy atom. The number of hydrogen-bond acceptors (Lipinski definition) is 2. The zero-order chi connectivity index (χ0) is 10.2. The standard InChI is InChI=1S/C11H16O2/c1-7-5-9(12)6-8(2)10(7)11(3,4)13/h5-6,12-13H,1-4H3. The van der Waals surface area contributed by atoms with Gasteiger partial charge in [0.2, 0.25) is 0 Å². The van der Waals surface area contributed by atoms with Crippen LogP contribution in [-0.2, 0) is 5.60 Å². The van der Waals surface area contributed by atoms with Crippen LogP contribution in [0.1, 0.15) is 30.5 Å². The maximum Gasteiger partial charge on any atom is 0.116 e. The van der Waals surface area contributed by atoms with Crippen LogP contribution < -0.4 is 0 Å². The summed E-state index contributed by atoms with van der Waals surface area (Å²) < 4.78 is 0. The summed E-state index contributed by atoms with van der Waals surface area (Å²) in [6, 6.07) is 3.33.